The Balaban J connectivity index is 1.69. The van der Waals surface area contributed by atoms with Gasteiger partial charge in [-0.3, -0.25) is 4.79 Å². The largest absolute Gasteiger partial charge is 0.331 e. The summed E-state index contributed by atoms with van der Waals surface area (Å²) >= 11 is 1.85. The molecule has 1 atom stereocenters. The van der Waals surface area contributed by atoms with Crippen LogP contribution in [0.3, 0.4) is 0 Å². The molecule has 4 rings (SSSR count). The first-order chi connectivity index (χ1) is 9.84. The van der Waals surface area contributed by atoms with Crippen LogP contribution in [0.1, 0.15) is 39.7 Å². The maximum Gasteiger partial charge on any atom is 0.254 e. The summed E-state index contributed by atoms with van der Waals surface area (Å²) < 4.78 is 0. The molecule has 2 aliphatic rings. The van der Waals surface area contributed by atoms with Crippen molar-refractivity contribution in [3.63, 3.8) is 0 Å². The summed E-state index contributed by atoms with van der Waals surface area (Å²) in [6, 6.07) is 12.2. The smallest absolute Gasteiger partial charge is 0.254 e. The van der Waals surface area contributed by atoms with Gasteiger partial charge in [0.1, 0.15) is 0 Å². The first-order valence-electron chi connectivity index (χ1n) is 7.27. The Bertz CT molecular complexity index is 629. The Morgan fingerprint density at radius 3 is 2.70 bits per heavy atom. The Morgan fingerprint density at radius 1 is 1.15 bits per heavy atom. The molecule has 1 aromatic carbocycles. The summed E-state index contributed by atoms with van der Waals surface area (Å²) in [4.78, 5) is 16.4. The Labute approximate surface area is 123 Å². The second kappa shape index (κ2) is 4.74. The van der Waals surface area contributed by atoms with Gasteiger partial charge in [0.05, 0.1) is 6.04 Å². The van der Waals surface area contributed by atoms with Crippen LogP contribution in [0.5, 0.6) is 0 Å². The summed E-state index contributed by atoms with van der Waals surface area (Å²) in [7, 11) is 0. The van der Waals surface area contributed by atoms with E-state index in [1.54, 1.807) is 0 Å². The van der Waals surface area contributed by atoms with Crippen molar-refractivity contribution in [1.82, 2.24) is 4.90 Å². The van der Waals surface area contributed by atoms with E-state index in [9.17, 15) is 4.79 Å². The Morgan fingerprint density at radius 2 is 1.95 bits per heavy atom. The van der Waals surface area contributed by atoms with E-state index in [1.165, 1.54) is 23.3 Å². The highest BCUT2D eigenvalue weighted by atomic mass is 32.1. The monoisotopic (exact) mass is 283 g/mol. The Hall–Kier alpha value is -1.61. The van der Waals surface area contributed by atoms with Gasteiger partial charge in [-0.15, -0.1) is 11.3 Å². The predicted molar refractivity (Wildman–Crippen MR) is 81.0 cm³/mol. The maximum atomic E-state index is 12.8. The fraction of sp³-hybridized carbons (Fsp3) is 0.353. The lowest BCUT2D eigenvalue weighted by atomic mass is 9.95. The van der Waals surface area contributed by atoms with Crippen LogP contribution in [0.15, 0.2) is 41.8 Å². The van der Waals surface area contributed by atoms with Gasteiger partial charge in [-0.05, 0) is 54.3 Å². The highest BCUT2D eigenvalue weighted by Crippen LogP contribution is 2.48. The summed E-state index contributed by atoms with van der Waals surface area (Å²) in [5, 5.41) is 2.18. The molecule has 0 saturated heterocycles. The third-order valence-corrected chi connectivity index (χ3v) is 5.36. The molecule has 1 aliphatic carbocycles. The molecule has 0 N–H and O–H groups in total. The number of nitrogens with zero attached hydrogens (tertiary/aromatic N) is 1. The number of thiophene rings is 1. The highest BCUT2D eigenvalue weighted by molar-refractivity contribution is 7.10. The van der Waals surface area contributed by atoms with Crippen LogP contribution in [-0.4, -0.2) is 17.4 Å². The summed E-state index contributed by atoms with van der Waals surface area (Å²) in [5.41, 5.74) is 2.23. The molecule has 1 aromatic heterocycles. The third kappa shape index (κ3) is 1.97. The minimum absolute atomic E-state index is 0.194. The van der Waals surface area contributed by atoms with Gasteiger partial charge >= 0.3 is 0 Å². The van der Waals surface area contributed by atoms with Crippen molar-refractivity contribution in [2.24, 2.45) is 5.92 Å². The molecule has 1 fully saturated rings. The molecule has 2 aromatic rings. The van der Waals surface area contributed by atoms with Crippen LogP contribution in [0, 0.1) is 5.92 Å². The SMILES string of the molecule is O=C(c1ccccc1)N1CCc2sccc2C1C1CC1. The highest BCUT2D eigenvalue weighted by Gasteiger charge is 2.41. The van der Waals surface area contributed by atoms with E-state index >= 15 is 0 Å². The molecular weight excluding hydrogens is 266 g/mol. The fourth-order valence-electron chi connectivity index (χ4n) is 3.24. The predicted octanol–water partition coefficient (Wildman–Crippen LogP) is 3.90. The molecule has 1 unspecified atom stereocenters. The zero-order valence-corrected chi connectivity index (χ0v) is 12.1. The van der Waals surface area contributed by atoms with E-state index in [4.69, 9.17) is 0 Å². The molecule has 0 radical (unpaired) electrons. The van der Waals surface area contributed by atoms with Gasteiger partial charge in [-0.25, -0.2) is 0 Å². The summed E-state index contributed by atoms with van der Waals surface area (Å²) in [6.07, 6.45) is 3.53. The molecule has 3 heteroatoms. The minimum atomic E-state index is 0.194. The van der Waals surface area contributed by atoms with Crippen LogP contribution < -0.4 is 0 Å². The van der Waals surface area contributed by atoms with Gasteiger partial charge in [0.15, 0.2) is 0 Å². The minimum Gasteiger partial charge on any atom is -0.331 e. The Kier molecular flexibility index (Phi) is 2.88. The number of amides is 1. The molecule has 1 amide bonds. The van der Waals surface area contributed by atoms with Crippen molar-refractivity contribution in [3.05, 3.63) is 57.8 Å². The van der Waals surface area contributed by atoms with Crippen molar-refractivity contribution in [1.29, 1.82) is 0 Å². The van der Waals surface area contributed by atoms with Crippen LogP contribution in [0.25, 0.3) is 0 Å². The van der Waals surface area contributed by atoms with E-state index in [0.717, 1.165) is 18.5 Å². The lowest BCUT2D eigenvalue weighted by molar-refractivity contribution is 0.0637. The maximum absolute atomic E-state index is 12.8. The number of carbonyl (C=O) groups excluding carboxylic acids is 1. The first kappa shape index (κ1) is 12.2. The van der Waals surface area contributed by atoms with Crippen LogP contribution in [-0.2, 0) is 6.42 Å². The zero-order chi connectivity index (χ0) is 13.5. The zero-order valence-electron chi connectivity index (χ0n) is 11.3. The van der Waals surface area contributed by atoms with E-state index < -0.39 is 0 Å². The number of fused-ring (bicyclic) bond motifs is 1. The van der Waals surface area contributed by atoms with Gasteiger partial charge in [-0.2, -0.15) is 0 Å². The first-order valence-corrected chi connectivity index (χ1v) is 8.15. The van der Waals surface area contributed by atoms with Crippen molar-refractivity contribution < 1.29 is 4.79 Å². The van der Waals surface area contributed by atoms with Gasteiger partial charge in [-0.1, -0.05) is 18.2 Å². The molecule has 2 nitrogen and oxygen atoms in total. The lowest BCUT2D eigenvalue weighted by Crippen LogP contribution is -2.40. The van der Waals surface area contributed by atoms with Crippen molar-refractivity contribution in [3.8, 4) is 0 Å². The van der Waals surface area contributed by atoms with Crippen LogP contribution in [0.2, 0.25) is 0 Å². The normalized spacial score (nSPS) is 21.6. The van der Waals surface area contributed by atoms with Crippen LogP contribution >= 0.6 is 11.3 Å². The van der Waals surface area contributed by atoms with Crippen molar-refractivity contribution >= 4 is 17.2 Å². The molecule has 0 spiro atoms. The lowest BCUT2D eigenvalue weighted by Gasteiger charge is -2.36. The molecule has 102 valence electrons. The number of rotatable bonds is 2. The third-order valence-electron chi connectivity index (χ3n) is 4.36. The molecule has 20 heavy (non-hydrogen) atoms. The van der Waals surface area contributed by atoms with Crippen molar-refractivity contribution in [2.45, 2.75) is 25.3 Å². The van der Waals surface area contributed by atoms with E-state index in [-0.39, 0.29) is 5.91 Å². The quantitative estimate of drug-likeness (QED) is 0.818. The van der Waals surface area contributed by atoms with Gasteiger partial charge in [0, 0.05) is 17.0 Å². The molecule has 1 aliphatic heterocycles. The standard InChI is InChI=1S/C17H17NOS/c19-17(13-4-2-1-3-5-13)18-10-8-15-14(9-11-20-15)16(18)12-6-7-12/h1-5,9,11-12,16H,6-8,10H2. The number of hydrogen-bond acceptors (Lipinski definition) is 2. The molecule has 1 saturated carbocycles. The van der Waals surface area contributed by atoms with Crippen LogP contribution in [0.4, 0.5) is 0 Å². The van der Waals surface area contributed by atoms with Gasteiger partial charge in [0.25, 0.3) is 5.91 Å². The average Bonchev–Trinajstić information content (AvgIpc) is 3.23. The van der Waals surface area contributed by atoms with Gasteiger partial charge in [0.2, 0.25) is 0 Å². The topological polar surface area (TPSA) is 20.3 Å². The van der Waals surface area contributed by atoms with E-state index in [2.05, 4.69) is 16.3 Å². The van der Waals surface area contributed by atoms with Gasteiger partial charge < -0.3 is 4.90 Å². The molecular formula is C17H17NOS. The summed E-state index contributed by atoms with van der Waals surface area (Å²) in [5.74, 6) is 0.871. The molecule has 0 bridgehead atoms. The fourth-order valence-corrected chi connectivity index (χ4v) is 4.15. The average molecular weight is 283 g/mol. The van der Waals surface area contributed by atoms with Crippen molar-refractivity contribution in [2.75, 3.05) is 6.54 Å². The van der Waals surface area contributed by atoms with E-state index in [0.29, 0.717) is 12.0 Å². The number of hydrogen-bond donors (Lipinski definition) is 0. The second-order valence-electron chi connectivity index (χ2n) is 5.70. The summed E-state index contributed by atoms with van der Waals surface area (Å²) in [6.45, 7) is 0.863. The molecule has 2 heterocycles. The second-order valence-corrected chi connectivity index (χ2v) is 6.70. The number of benzene rings is 1. The van der Waals surface area contributed by atoms with E-state index in [1.807, 2.05) is 41.7 Å². The number of carbonyl (C=O) groups is 1.